The molecule has 3 rings (SSSR count). The Labute approximate surface area is 160 Å². The molecule has 28 heavy (non-hydrogen) atoms. The summed E-state index contributed by atoms with van der Waals surface area (Å²) in [7, 11) is 1.52. The van der Waals surface area contributed by atoms with E-state index in [0.717, 1.165) is 5.56 Å². The van der Waals surface area contributed by atoms with E-state index in [4.69, 9.17) is 13.9 Å². The van der Waals surface area contributed by atoms with E-state index >= 15 is 0 Å². The quantitative estimate of drug-likeness (QED) is 0.482. The van der Waals surface area contributed by atoms with Gasteiger partial charge in [-0.25, -0.2) is 0 Å². The van der Waals surface area contributed by atoms with Crippen LogP contribution in [0, 0.1) is 17.0 Å². The zero-order valence-corrected chi connectivity index (χ0v) is 15.3. The topological polar surface area (TPSA) is 104 Å². The van der Waals surface area contributed by atoms with Crippen molar-refractivity contribution in [2.45, 2.75) is 13.5 Å². The second-order valence-corrected chi connectivity index (χ2v) is 5.94. The molecular formula is C20H18N2O6. The van der Waals surface area contributed by atoms with E-state index in [9.17, 15) is 14.9 Å². The highest BCUT2D eigenvalue weighted by Crippen LogP contribution is 2.28. The Morgan fingerprint density at radius 1 is 1.14 bits per heavy atom. The Kier molecular flexibility index (Phi) is 5.59. The van der Waals surface area contributed by atoms with Gasteiger partial charge in [0.2, 0.25) is 0 Å². The van der Waals surface area contributed by atoms with Crippen molar-refractivity contribution in [3.63, 3.8) is 0 Å². The summed E-state index contributed by atoms with van der Waals surface area (Å²) in [5.41, 5.74) is 1.36. The van der Waals surface area contributed by atoms with Crippen molar-refractivity contribution in [2.24, 2.45) is 0 Å². The molecule has 0 bridgehead atoms. The van der Waals surface area contributed by atoms with Crippen LogP contribution in [-0.4, -0.2) is 17.9 Å². The minimum atomic E-state index is -0.522. The Balaban J connectivity index is 1.68. The molecule has 144 valence electrons. The van der Waals surface area contributed by atoms with Crippen molar-refractivity contribution in [1.29, 1.82) is 0 Å². The molecule has 0 atom stereocenters. The molecule has 0 saturated heterocycles. The van der Waals surface area contributed by atoms with Crippen molar-refractivity contribution < 1.29 is 23.6 Å². The van der Waals surface area contributed by atoms with Crippen LogP contribution in [0.3, 0.4) is 0 Å². The van der Waals surface area contributed by atoms with Crippen LogP contribution in [-0.2, 0) is 6.61 Å². The van der Waals surface area contributed by atoms with Crippen LogP contribution < -0.4 is 14.8 Å². The van der Waals surface area contributed by atoms with Crippen molar-refractivity contribution in [3.8, 4) is 11.5 Å². The van der Waals surface area contributed by atoms with Crippen molar-refractivity contribution in [2.75, 3.05) is 12.4 Å². The molecule has 0 aliphatic carbocycles. The molecule has 0 aliphatic heterocycles. The molecule has 0 unspecified atom stereocenters. The molecule has 1 heterocycles. The van der Waals surface area contributed by atoms with Gasteiger partial charge in [0.25, 0.3) is 5.91 Å². The smallest absolute Gasteiger partial charge is 0.310 e. The van der Waals surface area contributed by atoms with Crippen LogP contribution in [0.25, 0.3) is 0 Å². The highest BCUT2D eigenvalue weighted by molar-refractivity contribution is 6.03. The molecule has 0 fully saturated rings. The number of amides is 1. The van der Waals surface area contributed by atoms with E-state index in [2.05, 4.69) is 5.32 Å². The fourth-order valence-corrected chi connectivity index (χ4v) is 2.56. The summed E-state index contributed by atoms with van der Waals surface area (Å²) in [6.07, 6.45) is 0. The number of nitrogens with zero attached hydrogens (tertiary/aromatic N) is 1. The van der Waals surface area contributed by atoms with Gasteiger partial charge in [-0.3, -0.25) is 14.9 Å². The Bertz CT molecular complexity index is 1010. The molecule has 8 heteroatoms. The molecule has 0 spiro atoms. The van der Waals surface area contributed by atoms with E-state index in [1.54, 1.807) is 30.3 Å². The first kappa shape index (κ1) is 19.0. The normalized spacial score (nSPS) is 10.4. The number of carbonyl (C=O) groups is 1. The van der Waals surface area contributed by atoms with Crippen molar-refractivity contribution >= 4 is 17.3 Å². The lowest BCUT2D eigenvalue weighted by atomic mass is 10.2. The number of furan rings is 1. The van der Waals surface area contributed by atoms with Gasteiger partial charge in [-0.2, -0.15) is 0 Å². The number of hydrogen-bond acceptors (Lipinski definition) is 6. The minimum absolute atomic E-state index is 0.0497. The lowest BCUT2D eigenvalue weighted by Crippen LogP contribution is -2.12. The average Bonchev–Trinajstić information content (AvgIpc) is 3.16. The van der Waals surface area contributed by atoms with Crippen LogP contribution >= 0.6 is 0 Å². The maximum absolute atomic E-state index is 12.4. The third kappa shape index (κ3) is 4.29. The predicted molar refractivity (Wildman–Crippen MR) is 102 cm³/mol. The summed E-state index contributed by atoms with van der Waals surface area (Å²) in [5.74, 6) is 0.662. The first-order chi connectivity index (χ1) is 13.5. The molecule has 0 radical (unpaired) electrons. The van der Waals surface area contributed by atoms with Gasteiger partial charge in [-0.05, 0) is 42.8 Å². The maximum Gasteiger partial charge on any atom is 0.310 e. The third-order valence-electron chi connectivity index (χ3n) is 3.92. The standard InChI is InChI=1S/C20H18N2O6/c1-13-7-9-17(26-2)15(11-13)21-20(23)19-10-8-14(28-19)12-27-18-6-4-3-5-16(18)22(24)25/h3-11H,12H2,1-2H3,(H,21,23). The summed E-state index contributed by atoms with van der Waals surface area (Å²) >= 11 is 0. The monoisotopic (exact) mass is 382 g/mol. The molecule has 8 nitrogen and oxygen atoms in total. The first-order valence-electron chi connectivity index (χ1n) is 8.39. The van der Waals surface area contributed by atoms with Gasteiger partial charge in [0, 0.05) is 6.07 Å². The number of aryl methyl sites for hydroxylation is 1. The molecule has 3 aromatic rings. The highest BCUT2D eigenvalue weighted by atomic mass is 16.6. The second-order valence-electron chi connectivity index (χ2n) is 5.94. The van der Waals surface area contributed by atoms with Crippen molar-refractivity contribution in [3.05, 3.63) is 81.8 Å². The molecule has 0 saturated carbocycles. The number of methoxy groups -OCH3 is 1. The highest BCUT2D eigenvalue weighted by Gasteiger charge is 2.17. The fourth-order valence-electron chi connectivity index (χ4n) is 2.56. The van der Waals surface area contributed by atoms with Crippen LogP contribution in [0.1, 0.15) is 21.9 Å². The molecule has 1 aromatic heterocycles. The number of hydrogen-bond donors (Lipinski definition) is 1. The number of para-hydroxylation sites is 2. The third-order valence-corrected chi connectivity index (χ3v) is 3.92. The number of nitrogens with one attached hydrogen (secondary N) is 1. The summed E-state index contributed by atoms with van der Waals surface area (Å²) in [6, 6.07) is 14.6. The van der Waals surface area contributed by atoms with Gasteiger partial charge in [0.05, 0.1) is 17.7 Å². The summed E-state index contributed by atoms with van der Waals surface area (Å²) in [6.45, 7) is 1.85. The zero-order valence-electron chi connectivity index (χ0n) is 15.3. The minimum Gasteiger partial charge on any atom is -0.495 e. The number of nitro groups is 1. The lowest BCUT2D eigenvalue weighted by molar-refractivity contribution is -0.386. The van der Waals surface area contributed by atoms with Gasteiger partial charge in [0.15, 0.2) is 11.5 Å². The van der Waals surface area contributed by atoms with E-state index in [-0.39, 0.29) is 23.8 Å². The average molecular weight is 382 g/mol. The van der Waals surface area contributed by atoms with E-state index in [1.165, 1.54) is 25.3 Å². The Morgan fingerprint density at radius 3 is 2.68 bits per heavy atom. The summed E-state index contributed by atoms with van der Waals surface area (Å²) < 4.78 is 16.2. The number of rotatable bonds is 7. The second kappa shape index (κ2) is 8.26. The predicted octanol–water partition coefficient (Wildman–Crippen LogP) is 4.34. The largest absolute Gasteiger partial charge is 0.495 e. The molecule has 1 amide bonds. The Morgan fingerprint density at radius 2 is 1.93 bits per heavy atom. The molecule has 1 N–H and O–H groups in total. The van der Waals surface area contributed by atoms with Crippen molar-refractivity contribution in [1.82, 2.24) is 0 Å². The van der Waals surface area contributed by atoms with Gasteiger partial charge in [-0.15, -0.1) is 0 Å². The maximum atomic E-state index is 12.4. The van der Waals surface area contributed by atoms with Crippen LogP contribution in [0.15, 0.2) is 59.0 Å². The van der Waals surface area contributed by atoms with Crippen LogP contribution in [0.4, 0.5) is 11.4 Å². The summed E-state index contributed by atoms with van der Waals surface area (Å²) in [5, 5.41) is 13.8. The van der Waals surface area contributed by atoms with E-state index < -0.39 is 10.8 Å². The lowest BCUT2D eigenvalue weighted by Gasteiger charge is -2.10. The number of benzene rings is 2. The number of anilines is 1. The van der Waals surface area contributed by atoms with Gasteiger partial charge < -0.3 is 19.2 Å². The number of carbonyl (C=O) groups excluding carboxylic acids is 1. The van der Waals surface area contributed by atoms with Crippen LogP contribution in [0.2, 0.25) is 0 Å². The van der Waals surface area contributed by atoms with Crippen LogP contribution in [0.5, 0.6) is 11.5 Å². The zero-order chi connectivity index (χ0) is 20.1. The molecule has 2 aromatic carbocycles. The summed E-state index contributed by atoms with van der Waals surface area (Å²) in [4.78, 5) is 22.9. The van der Waals surface area contributed by atoms with E-state index in [1.807, 2.05) is 13.0 Å². The molecular weight excluding hydrogens is 364 g/mol. The Hall–Kier alpha value is -3.81. The van der Waals surface area contributed by atoms with Gasteiger partial charge in [0.1, 0.15) is 18.1 Å². The molecule has 0 aliphatic rings. The SMILES string of the molecule is COc1ccc(C)cc1NC(=O)c1ccc(COc2ccccc2[N+](=O)[O-])o1. The van der Waals surface area contributed by atoms with Gasteiger partial charge >= 0.3 is 5.69 Å². The van der Waals surface area contributed by atoms with Gasteiger partial charge in [-0.1, -0.05) is 18.2 Å². The number of nitro benzene ring substituents is 1. The van der Waals surface area contributed by atoms with E-state index in [0.29, 0.717) is 17.2 Å². The number of ether oxygens (including phenoxy) is 2. The first-order valence-corrected chi connectivity index (χ1v) is 8.39. The fraction of sp³-hybridized carbons (Fsp3) is 0.150.